The number of fused-ring (bicyclic) bond motifs is 1. The van der Waals surface area contributed by atoms with E-state index in [1.807, 2.05) is 0 Å². The number of hydrogen-bond acceptors (Lipinski definition) is 5. The molecule has 0 spiro atoms. The van der Waals surface area contributed by atoms with Crippen LogP contribution in [0.3, 0.4) is 0 Å². The van der Waals surface area contributed by atoms with Gasteiger partial charge in [-0.05, 0) is 42.0 Å². The smallest absolute Gasteiger partial charge is 0.461 e. The molecule has 4 aromatic rings. The number of alkyl halides is 3. The van der Waals surface area contributed by atoms with E-state index in [4.69, 9.17) is 4.42 Å². The molecule has 28 heavy (non-hydrogen) atoms. The average Bonchev–Trinajstić information content (AvgIpc) is 3.28. The summed E-state index contributed by atoms with van der Waals surface area (Å²) in [6, 6.07) is 9.52. The highest BCUT2D eigenvalue weighted by atomic mass is 19.4. The maximum absolute atomic E-state index is 14.2. The van der Waals surface area contributed by atoms with Gasteiger partial charge in [-0.3, -0.25) is 0 Å². The zero-order chi connectivity index (χ0) is 19.7. The molecular weight excluding hydrogens is 380 g/mol. The largest absolute Gasteiger partial charge is 0.573 e. The number of tetrazole rings is 1. The Morgan fingerprint density at radius 2 is 1.89 bits per heavy atom. The van der Waals surface area contributed by atoms with E-state index in [-0.39, 0.29) is 5.56 Å². The number of hydrogen-bond donors (Lipinski definition) is 1. The van der Waals surface area contributed by atoms with Gasteiger partial charge in [0.1, 0.15) is 22.9 Å². The van der Waals surface area contributed by atoms with Crippen LogP contribution in [-0.4, -0.2) is 27.0 Å². The van der Waals surface area contributed by atoms with Gasteiger partial charge < -0.3 is 9.15 Å². The topological polar surface area (TPSA) is 76.8 Å². The molecule has 0 fully saturated rings. The summed E-state index contributed by atoms with van der Waals surface area (Å²) in [7, 11) is 0. The van der Waals surface area contributed by atoms with E-state index < -0.39 is 17.9 Å². The standard InChI is InChI=1S/C18H12F4N4O2/c19-15-4-2-13(28-18(20,21)22)9-14(15)10-1-5-16-11(7-10)8-12(27-16)3-6-17-23-25-26-24-17/h1-2,4-5,7-9H,3,6H2,(H,23,24,25,26). The molecule has 2 heterocycles. The van der Waals surface area contributed by atoms with Crippen molar-refractivity contribution in [3.8, 4) is 16.9 Å². The second-order valence-corrected chi connectivity index (χ2v) is 5.98. The SMILES string of the molecule is Fc1ccc(OC(F)(F)F)cc1-c1ccc2oc(CCc3nn[nH]n3)cc2c1. The molecule has 0 saturated carbocycles. The summed E-state index contributed by atoms with van der Waals surface area (Å²) in [5, 5.41) is 14.3. The predicted octanol–water partition coefficient (Wildman–Crippen LogP) is 4.44. The maximum Gasteiger partial charge on any atom is 0.573 e. The molecule has 0 aliphatic carbocycles. The maximum atomic E-state index is 14.2. The van der Waals surface area contributed by atoms with Gasteiger partial charge in [-0.1, -0.05) is 11.3 Å². The van der Waals surface area contributed by atoms with Crippen molar-refractivity contribution in [2.24, 2.45) is 0 Å². The summed E-state index contributed by atoms with van der Waals surface area (Å²) in [6.07, 6.45) is -3.79. The number of aryl methyl sites for hydroxylation is 2. The van der Waals surface area contributed by atoms with Crippen LogP contribution in [0.5, 0.6) is 5.75 Å². The van der Waals surface area contributed by atoms with Crippen LogP contribution in [0, 0.1) is 5.82 Å². The summed E-state index contributed by atoms with van der Waals surface area (Å²) in [5.41, 5.74) is 0.983. The normalized spacial score (nSPS) is 11.9. The fraction of sp³-hybridized carbons (Fsp3) is 0.167. The highest BCUT2D eigenvalue weighted by molar-refractivity contribution is 5.84. The molecule has 1 N–H and O–H groups in total. The Labute approximate surface area is 155 Å². The van der Waals surface area contributed by atoms with Crippen LogP contribution in [0.2, 0.25) is 0 Å². The number of ether oxygens (including phenoxy) is 1. The third kappa shape index (κ3) is 3.95. The minimum atomic E-state index is -4.85. The van der Waals surface area contributed by atoms with E-state index in [2.05, 4.69) is 25.4 Å². The minimum absolute atomic E-state index is 0.00167. The third-order valence-electron chi connectivity index (χ3n) is 4.03. The van der Waals surface area contributed by atoms with Gasteiger partial charge in [0.2, 0.25) is 0 Å². The van der Waals surface area contributed by atoms with Crippen LogP contribution in [0.1, 0.15) is 11.6 Å². The van der Waals surface area contributed by atoms with Crippen molar-refractivity contribution in [2.75, 3.05) is 0 Å². The molecule has 0 atom stereocenters. The molecule has 0 saturated heterocycles. The van der Waals surface area contributed by atoms with Crippen LogP contribution < -0.4 is 4.74 Å². The number of halogens is 4. The van der Waals surface area contributed by atoms with Gasteiger partial charge in [0.25, 0.3) is 0 Å². The monoisotopic (exact) mass is 392 g/mol. The first kappa shape index (κ1) is 18.0. The summed E-state index contributed by atoms with van der Waals surface area (Å²) in [4.78, 5) is 0. The molecular formula is C18H12F4N4O2. The number of benzene rings is 2. The minimum Gasteiger partial charge on any atom is -0.461 e. The summed E-state index contributed by atoms with van der Waals surface area (Å²) in [5.74, 6) is 0.0722. The fourth-order valence-electron chi connectivity index (χ4n) is 2.84. The molecule has 2 aromatic carbocycles. The van der Waals surface area contributed by atoms with Crippen molar-refractivity contribution in [3.05, 3.63) is 59.9 Å². The predicted molar refractivity (Wildman–Crippen MR) is 89.9 cm³/mol. The van der Waals surface area contributed by atoms with E-state index in [1.54, 1.807) is 24.3 Å². The molecule has 2 aromatic heterocycles. The number of nitrogens with zero attached hydrogens (tertiary/aromatic N) is 3. The molecule has 0 radical (unpaired) electrons. The molecule has 0 bridgehead atoms. The third-order valence-corrected chi connectivity index (χ3v) is 4.03. The first-order valence-electron chi connectivity index (χ1n) is 8.18. The Morgan fingerprint density at radius 1 is 1.04 bits per heavy atom. The summed E-state index contributed by atoms with van der Waals surface area (Å²) in [6.45, 7) is 0. The molecule has 4 rings (SSSR count). The van der Waals surface area contributed by atoms with E-state index >= 15 is 0 Å². The second kappa shape index (κ2) is 6.95. The van der Waals surface area contributed by atoms with Gasteiger partial charge in [-0.15, -0.1) is 23.4 Å². The molecule has 144 valence electrons. The first-order valence-corrected chi connectivity index (χ1v) is 8.18. The number of H-pyrrole nitrogens is 1. The highest BCUT2D eigenvalue weighted by Gasteiger charge is 2.31. The lowest BCUT2D eigenvalue weighted by Gasteiger charge is -2.11. The van der Waals surface area contributed by atoms with Crippen LogP contribution in [0.15, 0.2) is 46.9 Å². The van der Waals surface area contributed by atoms with Crippen LogP contribution in [-0.2, 0) is 12.8 Å². The Bertz CT molecular complexity index is 1110. The van der Waals surface area contributed by atoms with E-state index in [0.29, 0.717) is 41.0 Å². The summed E-state index contributed by atoms with van der Waals surface area (Å²) < 4.78 is 61.0. The number of aromatic amines is 1. The highest BCUT2D eigenvalue weighted by Crippen LogP contribution is 2.32. The van der Waals surface area contributed by atoms with E-state index in [1.165, 1.54) is 0 Å². The summed E-state index contributed by atoms with van der Waals surface area (Å²) >= 11 is 0. The van der Waals surface area contributed by atoms with Gasteiger partial charge in [-0.2, -0.15) is 5.21 Å². The number of furan rings is 1. The number of nitrogens with one attached hydrogen (secondary N) is 1. The molecule has 0 unspecified atom stereocenters. The van der Waals surface area contributed by atoms with Crippen LogP contribution >= 0.6 is 0 Å². The zero-order valence-corrected chi connectivity index (χ0v) is 14.1. The van der Waals surface area contributed by atoms with Crippen LogP contribution in [0.4, 0.5) is 17.6 Å². The van der Waals surface area contributed by atoms with Gasteiger partial charge in [0, 0.05) is 23.8 Å². The van der Waals surface area contributed by atoms with Gasteiger partial charge in [0.05, 0.1) is 0 Å². The molecule has 0 aliphatic rings. The van der Waals surface area contributed by atoms with Crippen molar-refractivity contribution >= 4 is 11.0 Å². The van der Waals surface area contributed by atoms with Crippen molar-refractivity contribution in [3.63, 3.8) is 0 Å². The van der Waals surface area contributed by atoms with E-state index in [0.717, 1.165) is 18.2 Å². The Hall–Kier alpha value is -3.43. The fourth-order valence-corrected chi connectivity index (χ4v) is 2.84. The number of rotatable bonds is 5. The lowest BCUT2D eigenvalue weighted by molar-refractivity contribution is -0.274. The van der Waals surface area contributed by atoms with Crippen molar-refractivity contribution < 1.29 is 26.7 Å². The van der Waals surface area contributed by atoms with Crippen molar-refractivity contribution in [1.82, 2.24) is 20.6 Å². The number of aromatic nitrogens is 4. The quantitative estimate of drug-likeness (QED) is 0.508. The molecule has 6 nitrogen and oxygen atoms in total. The lowest BCUT2D eigenvalue weighted by atomic mass is 10.0. The van der Waals surface area contributed by atoms with Crippen LogP contribution in [0.25, 0.3) is 22.1 Å². The molecule has 0 aliphatic heterocycles. The zero-order valence-electron chi connectivity index (χ0n) is 14.1. The Balaban J connectivity index is 1.61. The van der Waals surface area contributed by atoms with Gasteiger partial charge >= 0.3 is 6.36 Å². The van der Waals surface area contributed by atoms with Gasteiger partial charge in [-0.25, -0.2) is 4.39 Å². The molecule has 10 heteroatoms. The van der Waals surface area contributed by atoms with Crippen molar-refractivity contribution in [2.45, 2.75) is 19.2 Å². The molecule has 0 amide bonds. The van der Waals surface area contributed by atoms with E-state index in [9.17, 15) is 17.6 Å². The average molecular weight is 392 g/mol. The van der Waals surface area contributed by atoms with Gasteiger partial charge in [0.15, 0.2) is 5.82 Å². The van der Waals surface area contributed by atoms with Crippen molar-refractivity contribution in [1.29, 1.82) is 0 Å². The first-order chi connectivity index (χ1) is 13.4. The Morgan fingerprint density at radius 3 is 2.64 bits per heavy atom. The second-order valence-electron chi connectivity index (χ2n) is 5.98. The Kier molecular flexibility index (Phi) is 4.46. The lowest BCUT2D eigenvalue weighted by Crippen LogP contribution is -2.17.